The Morgan fingerprint density at radius 3 is 2.63 bits per heavy atom. The van der Waals surface area contributed by atoms with E-state index in [0.717, 1.165) is 25.2 Å². The zero-order valence-electron chi connectivity index (χ0n) is 10.6. The first kappa shape index (κ1) is 14.1. The second kappa shape index (κ2) is 6.21. The summed E-state index contributed by atoms with van der Waals surface area (Å²) in [5.41, 5.74) is -0.0570. The van der Waals surface area contributed by atoms with Crippen LogP contribution in [0.15, 0.2) is 18.2 Å². The number of benzene rings is 1. The molecule has 0 saturated carbocycles. The molecule has 3 nitrogen and oxygen atoms in total. The lowest BCUT2D eigenvalue weighted by molar-refractivity contribution is 0.0777. The smallest absolute Gasteiger partial charge is 0.167 e. The quantitative estimate of drug-likeness (QED) is 0.850. The Morgan fingerprint density at radius 2 is 2.00 bits per heavy atom. The molecule has 104 valence electrons. The summed E-state index contributed by atoms with van der Waals surface area (Å²) >= 11 is 0. The van der Waals surface area contributed by atoms with Crippen LogP contribution in [0.2, 0.25) is 0 Å². The van der Waals surface area contributed by atoms with Crippen LogP contribution in [-0.4, -0.2) is 41.5 Å². The molecule has 19 heavy (non-hydrogen) atoms. The first-order valence-corrected chi connectivity index (χ1v) is 6.45. The van der Waals surface area contributed by atoms with Crippen molar-refractivity contribution in [2.24, 2.45) is 0 Å². The molecule has 1 aliphatic rings. The van der Waals surface area contributed by atoms with E-state index in [1.807, 2.05) is 0 Å². The van der Waals surface area contributed by atoms with Crippen molar-refractivity contribution in [3.8, 4) is 0 Å². The number of Topliss-reactive ketones (excluding diaryl/α,β-unsaturated/α-hetero) is 1. The highest BCUT2D eigenvalue weighted by Crippen LogP contribution is 2.14. The molecule has 0 radical (unpaired) electrons. The number of carbonyl (C=O) groups excluding carboxylic acids is 1. The molecule has 0 atom stereocenters. The third-order valence-corrected chi connectivity index (χ3v) is 3.44. The second-order valence-electron chi connectivity index (χ2n) is 4.87. The molecule has 2 rings (SSSR count). The van der Waals surface area contributed by atoms with Gasteiger partial charge in [0.15, 0.2) is 5.78 Å². The number of rotatable bonds is 4. The van der Waals surface area contributed by atoms with Crippen LogP contribution in [0.1, 0.15) is 29.6 Å². The minimum absolute atomic E-state index is 0.0570. The molecule has 1 heterocycles. The summed E-state index contributed by atoms with van der Waals surface area (Å²) in [5, 5.41) is 9.37. The third kappa shape index (κ3) is 3.81. The van der Waals surface area contributed by atoms with Crippen LogP contribution in [0, 0.1) is 11.6 Å². The predicted octanol–water partition coefficient (Wildman–Crippen LogP) is 1.99. The summed E-state index contributed by atoms with van der Waals surface area (Å²) in [6.45, 7) is 2.04. The summed E-state index contributed by atoms with van der Waals surface area (Å²) in [6.07, 6.45) is 1.37. The van der Waals surface area contributed by atoms with Crippen LogP contribution < -0.4 is 0 Å². The van der Waals surface area contributed by atoms with Gasteiger partial charge < -0.3 is 10.0 Å². The highest BCUT2D eigenvalue weighted by molar-refractivity contribution is 5.96. The molecule has 0 unspecified atom stereocenters. The van der Waals surface area contributed by atoms with E-state index in [9.17, 15) is 18.7 Å². The zero-order valence-corrected chi connectivity index (χ0v) is 10.6. The van der Waals surface area contributed by atoms with E-state index in [1.165, 1.54) is 6.07 Å². The number of likely N-dealkylation sites (tertiary alicyclic amines) is 1. The van der Waals surface area contributed by atoms with Crippen LogP contribution in [0.3, 0.4) is 0 Å². The van der Waals surface area contributed by atoms with Gasteiger partial charge in [-0.05, 0) is 25.0 Å². The normalized spacial score (nSPS) is 17.6. The van der Waals surface area contributed by atoms with E-state index in [-0.39, 0.29) is 23.9 Å². The van der Waals surface area contributed by atoms with E-state index >= 15 is 0 Å². The monoisotopic (exact) mass is 269 g/mol. The lowest BCUT2D eigenvalue weighted by atomic mass is 10.1. The Balaban J connectivity index is 1.87. The van der Waals surface area contributed by atoms with Crippen LogP contribution in [-0.2, 0) is 0 Å². The van der Waals surface area contributed by atoms with E-state index in [2.05, 4.69) is 4.90 Å². The molecule has 1 aromatic carbocycles. The maximum atomic E-state index is 13.4. The van der Waals surface area contributed by atoms with Crippen molar-refractivity contribution in [1.82, 2.24) is 4.90 Å². The van der Waals surface area contributed by atoms with Crippen LogP contribution >= 0.6 is 0 Å². The Labute approximate surface area is 110 Å². The SMILES string of the molecule is O=C(CCN1CCC(O)CC1)c1ccc(F)cc1F. The second-order valence-corrected chi connectivity index (χ2v) is 4.87. The molecule has 1 aliphatic heterocycles. The average Bonchev–Trinajstić information content (AvgIpc) is 2.37. The van der Waals surface area contributed by atoms with Crippen molar-refractivity contribution in [1.29, 1.82) is 0 Å². The molecule has 1 fully saturated rings. The summed E-state index contributed by atoms with van der Waals surface area (Å²) in [4.78, 5) is 13.9. The number of carbonyl (C=O) groups is 1. The molecule has 0 bridgehead atoms. The Kier molecular flexibility index (Phi) is 4.61. The largest absolute Gasteiger partial charge is 0.393 e. The third-order valence-electron chi connectivity index (χ3n) is 3.44. The van der Waals surface area contributed by atoms with Gasteiger partial charge in [0.05, 0.1) is 11.7 Å². The molecule has 0 amide bonds. The van der Waals surface area contributed by atoms with E-state index in [4.69, 9.17) is 0 Å². The standard InChI is InChI=1S/C14H17F2NO2/c15-10-1-2-12(13(16)9-10)14(19)5-8-17-6-3-11(18)4-7-17/h1-2,9,11,18H,3-8H2. The van der Waals surface area contributed by atoms with Gasteiger partial charge in [-0.1, -0.05) is 0 Å². The van der Waals surface area contributed by atoms with Gasteiger partial charge in [-0.3, -0.25) is 4.79 Å². The van der Waals surface area contributed by atoms with Gasteiger partial charge in [-0.2, -0.15) is 0 Å². The van der Waals surface area contributed by atoms with Gasteiger partial charge in [0.25, 0.3) is 0 Å². The minimum Gasteiger partial charge on any atom is -0.393 e. The number of hydrogen-bond donors (Lipinski definition) is 1. The first-order valence-electron chi connectivity index (χ1n) is 6.45. The summed E-state index contributed by atoms with van der Waals surface area (Å²) in [6, 6.07) is 3.00. The van der Waals surface area contributed by atoms with Crippen molar-refractivity contribution >= 4 is 5.78 Å². The Bertz CT molecular complexity index is 457. The van der Waals surface area contributed by atoms with Crippen molar-refractivity contribution < 1.29 is 18.7 Å². The topological polar surface area (TPSA) is 40.5 Å². The van der Waals surface area contributed by atoms with Crippen LogP contribution in [0.4, 0.5) is 8.78 Å². The van der Waals surface area contributed by atoms with Gasteiger partial charge >= 0.3 is 0 Å². The Morgan fingerprint density at radius 1 is 1.32 bits per heavy atom. The van der Waals surface area contributed by atoms with Crippen molar-refractivity contribution in [2.45, 2.75) is 25.4 Å². The molecule has 0 spiro atoms. The van der Waals surface area contributed by atoms with Crippen LogP contribution in [0.25, 0.3) is 0 Å². The average molecular weight is 269 g/mol. The highest BCUT2D eigenvalue weighted by atomic mass is 19.1. The minimum atomic E-state index is -0.806. The summed E-state index contributed by atoms with van der Waals surface area (Å²) < 4.78 is 26.2. The number of ketones is 1. The molecular formula is C14H17F2NO2. The van der Waals surface area contributed by atoms with Crippen LogP contribution in [0.5, 0.6) is 0 Å². The number of nitrogens with zero attached hydrogens (tertiary/aromatic N) is 1. The van der Waals surface area contributed by atoms with E-state index in [0.29, 0.717) is 19.4 Å². The lowest BCUT2D eigenvalue weighted by Crippen LogP contribution is -2.37. The predicted molar refractivity (Wildman–Crippen MR) is 67.0 cm³/mol. The molecule has 1 N–H and O–H groups in total. The van der Waals surface area contributed by atoms with Crippen molar-refractivity contribution in [3.63, 3.8) is 0 Å². The zero-order chi connectivity index (χ0) is 13.8. The molecule has 0 aromatic heterocycles. The molecular weight excluding hydrogens is 252 g/mol. The van der Waals surface area contributed by atoms with Gasteiger partial charge in [0.1, 0.15) is 11.6 Å². The number of halogens is 2. The lowest BCUT2D eigenvalue weighted by Gasteiger charge is -2.29. The highest BCUT2D eigenvalue weighted by Gasteiger charge is 2.18. The molecule has 1 saturated heterocycles. The summed E-state index contributed by atoms with van der Waals surface area (Å²) in [7, 11) is 0. The van der Waals surface area contributed by atoms with Gasteiger partial charge in [0.2, 0.25) is 0 Å². The summed E-state index contributed by atoms with van der Waals surface area (Å²) in [5.74, 6) is -1.80. The molecule has 0 aliphatic carbocycles. The van der Waals surface area contributed by atoms with Crippen molar-refractivity contribution in [2.75, 3.05) is 19.6 Å². The van der Waals surface area contributed by atoms with E-state index < -0.39 is 11.6 Å². The maximum absolute atomic E-state index is 13.4. The van der Waals surface area contributed by atoms with Crippen molar-refractivity contribution in [3.05, 3.63) is 35.4 Å². The Hall–Kier alpha value is -1.33. The molecule has 5 heteroatoms. The number of aliphatic hydroxyl groups is 1. The van der Waals surface area contributed by atoms with Gasteiger partial charge in [0, 0.05) is 32.1 Å². The number of hydrogen-bond acceptors (Lipinski definition) is 3. The fraction of sp³-hybridized carbons (Fsp3) is 0.500. The molecule has 1 aromatic rings. The number of piperidine rings is 1. The van der Waals surface area contributed by atoms with E-state index in [1.54, 1.807) is 0 Å². The fourth-order valence-corrected chi connectivity index (χ4v) is 2.25. The number of aliphatic hydroxyl groups excluding tert-OH is 1. The fourth-order valence-electron chi connectivity index (χ4n) is 2.25. The van der Waals surface area contributed by atoms with Gasteiger partial charge in [-0.15, -0.1) is 0 Å². The van der Waals surface area contributed by atoms with Gasteiger partial charge in [-0.25, -0.2) is 8.78 Å². The maximum Gasteiger partial charge on any atom is 0.167 e. The first-order chi connectivity index (χ1) is 9.06.